The third-order valence-corrected chi connectivity index (χ3v) is 77.0. The van der Waals surface area contributed by atoms with E-state index in [1.54, 1.807) is 0 Å². The van der Waals surface area contributed by atoms with E-state index < -0.39 is 129 Å². The molecule has 0 aromatic heterocycles. The smallest absolute Gasteiger partial charge is 0.150 e. The zero-order valence-corrected chi connectivity index (χ0v) is 97.0. The van der Waals surface area contributed by atoms with Crippen molar-refractivity contribution in [1.29, 1.82) is 0 Å². The van der Waals surface area contributed by atoms with Crippen LogP contribution < -0.4 is 0 Å². The first-order valence-electron chi connectivity index (χ1n) is 41.6. The molecule has 0 aliphatic heterocycles. The molecule has 0 fully saturated rings. The van der Waals surface area contributed by atoms with Gasteiger partial charge in [-0.15, -0.1) is 0 Å². The maximum absolute atomic E-state index is 7.33. The summed E-state index contributed by atoms with van der Waals surface area (Å²) in [6.07, 6.45) is 21.6. The van der Waals surface area contributed by atoms with Gasteiger partial charge >= 0.3 is 0 Å². The summed E-state index contributed by atoms with van der Waals surface area (Å²) in [7, 11) is -30.2. The highest BCUT2D eigenvalue weighted by Gasteiger charge is 2.43. The monoisotopic (exact) mass is 1930 g/mol. The molecule has 0 amide bonds. The van der Waals surface area contributed by atoms with Crippen LogP contribution in [-0.2, 0) is 0 Å². The van der Waals surface area contributed by atoms with Crippen LogP contribution in [0.15, 0.2) is 0 Å². The fraction of sp³-hybridized carbons (Fsp3) is 1.00. The normalized spacial score (nSPS) is 14.9. The Balaban J connectivity index is 9.36. The Morgan fingerprint density at radius 3 is 0.198 bits per heavy atom. The molecule has 29 heteroatoms. The summed E-state index contributed by atoms with van der Waals surface area (Å²) in [6, 6.07) is 44.2. The van der Waals surface area contributed by atoms with Gasteiger partial charge in [-0.3, -0.25) is 0 Å². The second kappa shape index (κ2) is 48.9. The zero-order chi connectivity index (χ0) is 78.4. The van der Waals surface area contributed by atoms with Crippen LogP contribution in [0.25, 0.3) is 0 Å². The quantitative estimate of drug-likeness (QED) is 0.0421. The summed E-state index contributed by atoms with van der Waals surface area (Å²) < 4.78 is 0. The summed E-state index contributed by atoms with van der Waals surface area (Å²) in [5, 5.41) is 0. The molecule has 0 aliphatic carbocycles. The van der Waals surface area contributed by atoms with E-state index in [-0.39, 0.29) is 0 Å². The van der Waals surface area contributed by atoms with Gasteiger partial charge in [0.05, 0.1) is 40.4 Å². The van der Waals surface area contributed by atoms with Crippen molar-refractivity contribution < 1.29 is 0 Å². The molecule has 0 heterocycles. The van der Waals surface area contributed by atoms with Gasteiger partial charge in [0.1, 0.15) is 88.6 Å². The lowest BCUT2D eigenvalue weighted by atomic mass is 10.5. The van der Waals surface area contributed by atoms with Crippen LogP contribution in [0.4, 0.5) is 0 Å². The Kier molecular flexibility index (Phi) is 52.4. The van der Waals surface area contributed by atoms with Crippen LogP contribution in [0.3, 0.4) is 0 Å². The summed E-state index contributed by atoms with van der Waals surface area (Å²) in [5.74, 6) is 0. The van der Waals surface area contributed by atoms with E-state index in [4.69, 9.17) is 133 Å². The van der Waals surface area contributed by atoms with Crippen molar-refractivity contribution in [3.8, 4) is 0 Å². The molecule has 0 saturated carbocycles. The Hall–Kier alpha value is 7.17. The molecule has 0 nitrogen and oxygen atoms in total. The topological polar surface area (TPSA) is 0 Å². The second-order valence-electron chi connectivity index (χ2n) is 41.8. The molecule has 0 rings (SSSR count). The van der Waals surface area contributed by atoms with Crippen LogP contribution in [0.2, 0.25) is 351 Å². The highest BCUT2D eigenvalue weighted by molar-refractivity contribution is 7.23. The van der Waals surface area contributed by atoms with E-state index in [1.165, 1.54) is 296 Å². The Morgan fingerprint density at radius 2 is 0.149 bits per heavy atom. The lowest BCUT2D eigenvalue weighted by Crippen LogP contribution is -2.41. The molecule has 101 heavy (non-hydrogen) atoms. The summed E-state index contributed by atoms with van der Waals surface area (Å²) in [4.78, 5) is 0. The molecule has 0 atom stereocenters. The molecule has 0 bridgehead atoms. The van der Waals surface area contributed by atoms with Gasteiger partial charge in [0.15, 0.2) is 0 Å². The summed E-state index contributed by atoms with van der Waals surface area (Å²) in [6.45, 7) is 57.6. The van der Waals surface area contributed by atoms with Crippen molar-refractivity contribution >= 4 is 262 Å². The van der Waals surface area contributed by atoms with Gasteiger partial charge < -0.3 is 0 Å². The van der Waals surface area contributed by atoms with E-state index in [9.17, 15) is 0 Å². The van der Waals surface area contributed by atoms with Crippen LogP contribution in [0, 0.1) is 0 Å². The molecule has 0 N–H and O–H groups in total. The van der Waals surface area contributed by atoms with E-state index in [0.29, 0.717) is 0 Å². The van der Waals surface area contributed by atoms with Gasteiger partial charge in [0, 0.05) is 0 Å². The van der Waals surface area contributed by atoms with Gasteiger partial charge in [-0.05, 0) is 72.5 Å². The van der Waals surface area contributed by atoms with Crippen molar-refractivity contribution in [3.05, 3.63) is 0 Å². The maximum atomic E-state index is 7.33. The van der Waals surface area contributed by atoms with Gasteiger partial charge in [0.25, 0.3) is 0 Å². The van der Waals surface area contributed by atoms with Crippen LogP contribution in [0.5, 0.6) is 0 Å². The lowest BCUT2D eigenvalue weighted by Gasteiger charge is -2.40. The number of hydrogen-bond donors (Lipinski definition) is 0. The largest absolute Gasteiger partial charge is 0.168 e. The maximum Gasteiger partial charge on any atom is 0.150 e. The zero-order valence-electron chi connectivity index (χ0n) is 71.0. The van der Waals surface area contributed by atoms with Crippen molar-refractivity contribution in [1.82, 2.24) is 0 Å². The highest BCUT2D eigenvalue weighted by atomic mass is 35.6. The molecule has 0 aromatic carbocycles. The molecular weight excluding hydrogens is 1770 g/mol. The standard InChI is InChI=1S/C72H168Cl12Si17/c1-85(2,73)41-25-53-97(54-26-42-86(3,4)74,55-27-43-87(5,6)75)65-37-69-101(70-38-66-98(56-28-44-88(7,8)76,57-29-45-89(9,10)77)58-30-46-90(11,12)78,71-39-67-99(59-31-47-91(13,14)79,60-32-48-92(15,16)80)61-33-49-93(17,18)81)72-40-68-100(62-34-50-94(19,20)82,63-35-51-95(21,22)83)64-36-52-96(23,24)84/h25-72H2,1-24H3. The predicted molar refractivity (Wildman–Crippen MR) is 536 cm³/mol. The fourth-order valence-corrected chi connectivity index (χ4v) is 66.4. The van der Waals surface area contributed by atoms with E-state index in [1.807, 2.05) is 0 Å². The van der Waals surface area contributed by atoms with Gasteiger partial charge in [-0.25, -0.2) is 0 Å². The molecule has 608 valence electrons. The molecule has 0 aliphatic rings. The van der Waals surface area contributed by atoms with Gasteiger partial charge in [-0.2, -0.15) is 133 Å². The lowest BCUT2D eigenvalue weighted by molar-refractivity contribution is 0.814. The number of hydrogen-bond acceptors (Lipinski definition) is 0. The minimum Gasteiger partial charge on any atom is -0.168 e. The minimum atomic E-state index is -2.01. The number of rotatable bonds is 64. The third kappa shape index (κ3) is 64.9. The highest BCUT2D eigenvalue weighted by Crippen LogP contribution is 2.47. The average Bonchev–Trinajstić information content (AvgIpc) is 0.834. The Morgan fingerprint density at radius 1 is 0.0990 bits per heavy atom. The van der Waals surface area contributed by atoms with Crippen molar-refractivity contribution in [2.75, 3.05) is 0 Å². The molecule has 0 radical (unpaired) electrons. The Bertz CT molecular complexity index is 1660. The molecule has 0 spiro atoms. The first-order valence-corrected chi connectivity index (χ1v) is 106. The molecular formula is C72H168Cl12Si17. The summed E-state index contributed by atoms with van der Waals surface area (Å²) >= 11 is 88.0. The van der Waals surface area contributed by atoms with Crippen LogP contribution in [0.1, 0.15) is 103 Å². The predicted octanol–water partition coefficient (Wildman–Crippen LogP) is 36.8. The van der Waals surface area contributed by atoms with Crippen LogP contribution in [-0.4, -0.2) is 129 Å². The molecule has 0 unspecified atom stereocenters. The average molecular weight is 1940 g/mol. The number of halogens is 12. The molecule has 0 aromatic rings. The van der Waals surface area contributed by atoms with E-state index in [0.717, 1.165) is 0 Å². The van der Waals surface area contributed by atoms with Crippen molar-refractivity contribution in [2.45, 2.75) is 453 Å². The van der Waals surface area contributed by atoms with Gasteiger partial charge in [0.2, 0.25) is 0 Å². The SMILES string of the molecule is C[Si](C)(Cl)CCC[Si](CCC[Si](C)(C)Cl)(CCC[Si](C)(C)Cl)CCC[Si](CCC[Si](CCC[Si](C)(C)Cl)(CCC[Si](C)(C)Cl)CCC[Si](C)(C)Cl)(CCC[Si](CCC[Si](C)(C)Cl)(CCC[Si](C)(C)Cl)CCC[Si](C)(C)Cl)CCC[Si](CCC[Si](C)(C)Cl)(CCC[Si](C)(C)Cl)CCC[Si](C)(C)Cl. The molecule has 0 saturated heterocycles. The summed E-state index contributed by atoms with van der Waals surface area (Å²) in [5.41, 5.74) is 0. The second-order valence-corrected chi connectivity index (χ2v) is 151. The first kappa shape index (κ1) is 108. The van der Waals surface area contributed by atoms with Crippen molar-refractivity contribution in [3.63, 3.8) is 0 Å². The van der Waals surface area contributed by atoms with E-state index >= 15 is 0 Å². The Labute approximate surface area is 706 Å². The van der Waals surface area contributed by atoms with Crippen molar-refractivity contribution in [2.24, 2.45) is 0 Å². The van der Waals surface area contributed by atoms with Gasteiger partial charge in [-0.1, -0.05) is 381 Å². The van der Waals surface area contributed by atoms with E-state index in [2.05, 4.69) is 157 Å². The third-order valence-electron chi connectivity index (χ3n) is 23.4. The van der Waals surface area contributed by atoms with Crippen LogP contribution >= 0.6 is 133 Å². The fourth-order valence-electron chi connectivity index (χ4n) is 17.7. The first-order chi connectivity index (χ1) is 45.3. The minimum absolute atomic E-state index is 1.23.